The second-order valence-electron chi connectivity index (χ2n) is 31.7. The molecule has 634 valence electrons. The molecule has 5 aromatic carbocycles. The first kappa shape index (κ1) is 92.5. The van der Waals surface area contributed by atoms with Crippen molar-refractivity contribution in [3.05, 3.63) is 203 Å². The third-order valence-electron chi connectivity index (χ3n) is 19.7. The summed E-state index contributed by atoms with van der Waals surface area (Å²) in [6, 6.07) is 25.0. The fraction of sp³-hybridized carbons (Fsp3) is 0.414. The summed E-state index contributed by atoms with van der Waals surface area (Å²) in [7, 11) is 5.57. The fourth-order valence-electron chi connectivity index (χ4n) is 13.6. The van der Waals surface area contributed by atoms with E-state index in [4.69, 9.17) is 17.3 Å². The van der Waals surface area contributed by atoms with Gasteiger partial charge < -0.3 is 84.0 Å². The van der Waals surface area contributed by atoms with Crippen LogP contribution in [0.1, 0.15) is 118 Å². The lowest BCUT2D eigenvalue weighted by atomic mass is 9.99. The Hall–Kier alpha value is -12.1. The number of amides is 13. The van der Waals surface area contributed by atoms with E-state index in [1.165, 1.54) is 43.5 Å². The van der Waals surface area contributed by atoms with Crippen molar-refractivity contribution >= 4 is 111 Å². The molecule has 31 nitrogen and oxygen atoms in total. The third kappa shape index (κ3) is 30.1. The number of aliphatic hydroxyl groups excluding tert-OH is 1. The van der Waals surface area contributed by atoms with Gasteiger partial charge in [0.2, 0.25) is 65.0 Å². The average Bonchev–Trinajstić information content (AvgIpc) is 1.74. The summed E-state index contributed by atoms with van der Waals surface area (Å²) in [5, 5.41) is 47.1. The van der Waals surface area contributed by atoms with Crippen LogP contribution >= 0.6 is 11.6 Å². The van der Waals surface area contributed by atoms with Crippen molar-refractivity contribution in [3.8, 4) is 0 Å². The van der Waals surface area contributed by atoms with Crippen molar-refractivity contribution < 1.29 is 71.9 Å². The van der Waals surface area contributed by atoms with Crippen LogP contribution in [-0.2, 0) is 89.6 Å². The van der Waals surface area contributed by atoms with Gasteiger partial charge in [0.25, 0.3) is 11.8 Å². The van der Waals surface area contributed by atoms with E-state index < -0.39 is 138 Å². The Labute approximate surface area is 698 Å². The molecule has 10 atom stereocenters. The Bertz CT molecular complexity index is 4650. The summed E-state index contributed by atoms with van der Waals surface area (Å²) in [6.45, 7) is 10.1. The minimum absolute atomic E-state index is 0.00548. The molecule has 0 saturated carbocycles. The lowest BCUT2D eigenvalue weighted by molar-refractivity contribution is -0.861. The summed E-state index contributed by atoms with van der Waals surface area (Å²) in [5.74, 6) is -9.92. The van der Waals surface area contributed by atoms with Crippen LogP contribution in [0.15, 0.2) is 164 Å². The molecule has 1 saturated heterocycles. The van der Waals surface area contributed by atoms with Crippen molar-refractivity contribution in [2.24, 2.45) is 11.7 Å². The van der Waals surface area contributed by atoms with Gasteiger partial charge in [0.1, 0.15) is 60.4 Å². The zero-order valence-electron chi connectivity index (χ0n) is 68.6. The predicted molar refractivity (Wildman–Crippen MR) is 451 cm³/mol. The Kier molecular flexibility index (Phi) is 35.0. The Morgan fingerprint density at radius 1 is 0.513 bits per heavy atom. The van der Waals surface area contributed by atoms with Gasteiger partial charge in [0.05, 0.1) is 33.3 Å². The Morgan fingerprint density at radius 3 is 1.49 bits per heavy atom. The standard InChI is InChI=1S/C87H110ClN17O14/c1-52(2)41-68(79(111)97-67(21-12-13-39-92-53(3)4)87(119)104-40-16-22-75(104)86(118)93-54(5)77(89)109)98-81(113)71(44-57-26-33-65(34-27-57)95-76(108)50-105(7,8)9)100-83(115)72(45-58-28-35-66(36-29-58)96-78(110)63-20-15-38-91-49-63)102-85(117)74(51-106)103-84(116)73(47-60-17-14-37-90-48-60)101-82(114)70(43-56-24-31-64(88)32-25-56)99-80(112)69(94-55(6)107)46-59-23-30-61-18-10-11-19-62(61)42-59/h10-11,14-15,17-20,23-38,42,48-49,52-54,67-75,92,106H,12-13,16,21-22,39-41,43-47,50-51H2,1-9H3,(H12-,89,93,94,95,96,97,98,99,100,101,102,103,107,108,109,110,111,112,113,114,115,116,117,118)/p+1/t54-,67+,68+,69-,70-,71-,72+,73-,74+,75+/m1/s1. The number of primary amides is 1. The van der Waals surface area contributed by atoms with Crippen molar-refractivity contribution in [3.63, 3.8) is 0 Å². The zero-order chi connectivity index (χ0) is 86.5. The first-order chi connectivity index (χ1) is 56.7. The SMILES string of the molecule is CC(=O)N[C@H](Cc1ccc2ccccc2c1)C(=O)N[C@H](Cc1ccc(Cl)cc1)C(=O)N[C@H](Cc1cccnc1)C(=O)N[C@@H](CO)C(=O)N[C@@H](Cc1ccc(NC(=O)c2cccnc2)cc1)C(=O)N[C@H](Cc1ccc(NC(=O)C[N+](C)(C)C)cc1)C(=O)N[C@@H](CC(C)C)C(=O)N[C@@H](CCCCNC(C)C)C(=O)N1CCC[C@H]1C(=O)N[C@H](C)C(N)=O. The van der Waals surface area contributed by atoms with Crippen LogP contribution in [0.4, 0.5) is 11.4 Å². The first-order valence-electron chi connectivity index (χ1n) is 39.9. The molecule has 7 aromatic rings. The molecule has 15 N–H and O–H groups in total. The van der Waals surface area contributed by atoms with Gasteiger partial charge in [0, 0.05) is 92.8 Å². The highest BCUT2D eigenvalue weighted by molar-refractivity contribution is 6.30. The van der Waals surface area contributed by atoms with Crippen molar-refractivity contribution in [2.45, 2.75) is 179 Å². The molecule has 8 rings (SSSR count). The van der Waals surface area contributed by atoms with Crippen molar-refractivity contribution in [1.82, 2.24) is 68.0 Å². The maximum Gasteiger partial charge on any atom is 0.279 e. The molecule has 119 heavy (non-hydrogen) atoms. The summed E-state index contributed by atoms with van der Waals surface area (Å²) < 4.78 is 0.330. The minimum atomic E-state index is -1.88. The third-order valence-corrected chi connectivity index (χ3v) is 20.0. The van der Waals surface area contributed by atoms with E-state index in [2.05, 4.69) is 73.8 Å². The topological polar surface area (TPSA) is 442 Å². The molecule has 2 aromatic heterocycles. The number of nitrogens with two attached hydrogens (primary N) is 1. The second kappa shape index (κ2) is 45.0. The number of likely N-dealkylation sites (tertiary alicyclic amines) is 1. The number of hydrogen-bond acceptors (Lipinski definition) is 17. The maximum atomic E-state index is 15.6. The van der Waals surface area contributed by atoms with E-state index in [0.717, 1.165) is 10.8 Å². The largest absolute Gasteiger partial charge is 0.394 e. The zero-order valence-corrected chi connectivity index (χ0v) is 69.4. The molecule has 0 radical (unpaired) electrons. The minimum Gasteiger partial charge on any atom is -0.394 e. The highest BCUT2D eigenvalue weighted by Crippen LogP contribution is 2.24. The molecule has 32 heteroatoms. The van der Waals surface area contributed by atoms with Crippen LogP contribution in [0.5, 0.6) is 0 Å². The number of halogens is 1. The number of aliphatic hydroxyl groups is 1. The van der Waals surface area contributed by atoms with E-state index in [1.807, 2.05) is 91.3 Å². The number of fused-ring (bicyclic) bond motifs is 1. The number of nitrogens with zero attached hydrogens (tertiary/aromatic N) is 4. The lowest BCUT2D eigenvalue weighted by Crippen LogP contribution is -2.62. The average molecular weight is 1650 g/mol. The molecule has 0 aliphatic carbocycles. The highest BCUT2D eigenvalue weighted by atomic mass is 35.5. The molecule has 0 unspecified atom stereocenters. The van der Waals surface area contributed by atoms with Gasteiger partial charge in [-0.1, -0.05) is 124 Å². The normalized spacial score (nSPS) is 14.9. The molecule has 3 heterocycles. The van der Waals surface area contributed by atoms with Crippen LogP contribution in [0.25, 0.3) is 10.8 Å². The van der Waals surface area contributed by atoms with Gasteiger partial charge in [-0.15, -0.1) is 0 Å². The quantitative estimate of drug-likeness (QED) is 0.0191. The van der Waals surface area contributed by atoms with E-state index in [1.54, 1.807) is 97.1 Å². The summed E-state index contributed by atoms with van der Waals surface area (Å²) in [4.78, 5) is 195. The smallest absolute Gasteiger partial charge is 0.279 e. The number of carbonyl (C=O) groups excluding carboxylic acids is 13. The van der Waals surface area contributed by atoms with Crippen LogP contribution < -0.4 is 69.5 Å². The first-order valence-corrected chi connectivity index (χ1v) is 40.3. The van der Waals surface area contributed by atoms with Gasteiger partial charge in [-0.25, -0.2) is 0 Å². The number of nitrogens with one attached hydrogen (secondary N) is 12. The molecule has 13 amide bonds. The van der Waals surface area contributed by atoms with E-state index >= 15 is 28.8 Å². The summed E-state index contributed by atoms with van der Waals surface area (Å²) >= 11 is 6.29. The number of anilines is 2. The number of aromatic nitrogens is 2. The predicted octanol–water partition coefficient (Wildman–Crippen LogP) is 3.78. The van der Waals surface area contributed by atoms with Crippen LogP contribution in [0.3, 0.4) is 0 Å². The Morgan fingerprint density at radius 2 is 0.983 bits per heavy atom. The number of rotatable bonds is 43. The fourth-order valence-corrected chi connectivity index (χ4v) is 13.7. The number of hydrogen-bond donors (Lipinski definition) is 14. The molecule has 1 fully saturated rings. The monoisotopic (exact) mass is 1650 g/mol. The maximum absolute atomic E-state index is 15.6. The number of unbranched alkanes of at least 4 members (excludes halogenated alkanes) is 1. The number of benzene rings is 5. The van der Waals surface area contributed by atoms with E-state index in [9.17, 15) is 38.7 Å². The van der Waals surface area contributed by atoms with E-state index in [-0.39, 0.29) is 87.9 Å². The molecule has 0 bridgehead atoms. The van der Waals surface area contributed by atoms with Crippen LogP contribution in [0.2, 0.25) is 5.02 Å². The lowest BCUT2D eigenvalue weighted by Gasteiger charge is -2.31. The summed E-state index contributed by atoms with van der Waals surface area (Å²) in [6.07, 6.45) is 6.69. The number of likely N-dealkylation sites (N-methyl/N-ethyl adjacent to an activating group) is 1. The van der Waals surface area contributed by atoms with E-state index in [0.29, 0.717) is 74.5 Å². The van der Waals surface area contributed by atoms with Crippen molar-refractivity contribution in [1.29, 1.82) is 0 Å². The molecule has 1 aliphatic heterocycles. The molecule has 0 spiro atoms. The van der Waals surface area contributed by atoms with Gasteiger partial charge in [0.15, 0.2) is 6.54 Å². The Balaban J connectivity index is 1.11. The van der Waals surface area contributed by atoms with Crippen molar-refractivity contribution in [2.75, 3.05) is 58.0 Å². The number of quaternary nitrogens is 1. The van der Waals surface area contributed by atoms with Gasteiger partial charge in [-0.3, -0.25) is 72.3 Å². The van der Waals surface area contributed by atoms with Gasteiger partial charge in [-0.2, -0.15) is 0 Å². The molecule has 1 aliphatic rings. The summed E-state index contributed by atoms with van der Waals surface area (Å²) in [5.41, 5.74) is 8.98. The van der Waals surface area contributed by atoms with Gasteiger partial charge >= 0.3 is 0 Å². The number of pyridine rings is 2. The molecular formula is C87H111ClN17O14+. The van der Waals surface area contributed by atoms with Crippen LogP contribution in [0, 0.1) is 5.92 Å². The highest BCUT2D eigenvalue weighted by Gasteiger charge is 2.41. The van der Waals surface area contributed by atoms with Gasteiger partial charge in [-0.05, 0) is 151 Å². The number of carbonyl (C=O) groups is 13. The van der Waals surface area contributed by atoms with Crippen LogP contribution in [-0.4, -0.2) is 215 Å². The molecular weight excluding hydrogens is 1540 g/mol. The second-order valence-corrected chi connectivity index (χ2v) is 32.1.